The molecule has 0 aliphatic carbocycles. The van der Waals surface area contributed by atoms with Gasteiger partial charge in [0.05, 0.1) is 15.5 Å². The van der Waals surface area contributed by atoms with Crippen LogP contribution in [-0.2, 0) is 10.0 Å². The summed E-state index contributed by atoms with van der Waals surface area (Å²) in [5, 5.41) is 12.7. The minimum absolute atomic E-state index is 0.0623. The first-order valence-corrected chi connectivity index (χ1v) is 11.0. The van der Waals surface area contributed by atoms with Gasteiger partial charge in [-0.15, -0.1) is 11.3 Å². The second-order valence-electron chi connectivity index (χ2n) is 6.33. The fraction of sp³-hybridized carbons (Fsp3) is 0.211. The Morgan fingerprint density at radius 1 is 1.14 bits per heavy atom. The Morgan fingerprint density at radius 3 is 2.36 bits per heavy atom. The van der Waals surface area contributed by atoms with Gasteiger partial charge in [-0.05, 0) is 30.0 Å². The minimum atomic E-state index is -3.87. The van der Waals surface area contributed by atoms with Gasteiger partial charge < -0.3 is 0 Å². The maximum Gasteiger partial charge on any atom is 0.269 e. The van der Waals surface area contributed by atoms with E-state index in [-0.39, 0.29) is 15.7 Å². The topological polar surface area (TPSA) is 102 Å². The number of nitrogens with one attached hydrogen (secondary N) is 1. The summed E-state index contributed by atoms with van der Waals surface area (Å²) >= 11 is 1.18. The molecule has 0 aliphatic heterocycles. The third kappa shape index (κ3) is 4.37. The highest BCUT2D eigenvalue weighted by Gasteiger charge is 2.18. The van der Waals surface area contributed by atoms with Crippen molar-refractivity contribution in [2.45, 2.75) is 31.1 Å². The molecule has 0 saturated heterocycles. The zero-order valence-corrected chi connectivity index (χ0v) is 17.0. The molecule has 9 heteroatoms. The Morgan fingerprint density at radius 2 is 1.79 bits per heavy atom. The number of aromatic nitrogens is 1. The highest BCUT2D eigenvalue weighted by molar-refractivity contribution is 7.93. The summed E-state index contributed by atoms with van der Waals surface area (Å²) in [5.41, 5.74) is 2.67. The largest absolute Gasteiger partial charge is 0.269 e. The van der Waals surface area contributed by atoms with Gasteiger partial charge in [-0.25, -0.2) is 13.4 Å². The van der Waals surface area contributed by atoms with Crippen LogP contribution in [0.2, 0.25) is 0 Å². The summed E-state index contributed by atoms with van der Waals surface area (Å²) in [5.74, 6) is 0.480. The molecular formula is C19H19N3O4S2. The van der Waals surface area contributed by atoms with E-state index < -0.39 is 14.9 Å². The maximum atomic E-state index is 12.5. The van der Waals surface area contributed by atoms with Gasteiger partial charge in [0.25, 0.3) is 15.7 Å². The van der Waals surface area contributed by atoms with E-state index in [9.17, 15) is 18.5 Å². The molecule has 2 aromatic carbocycles. The molecule has 0 spiro atoms. The lowest BCUT2D eigenvalue weighted by Crippen LogP contribution is -2.12. The van der Waals surface area contributed by atoms with E-state index in [1.807, 2.05) is 12.1 Å². The van der Waals surface area contributed by atoms with Gasteiger partial charge in [0, 0.05) is 23.1 Å². The quantitative estimate of drug-likeness (QED) is 0.429. The molecule has 28 heavy (non-hydrogen) atoms. The van der Waals surface area contributed by atoms with E-state index in [0.29, 0.717) is 11.6 Å². The van der Waals surface area contributed by atoms with Gasteiger partial charge in [0.15, 0.2) is 5.13 Å². The first-order valence-electron chi connectivity index (χ1n) is 8.63. The minimum Gasteiger partial charge on any atom is -0.258 e. The highest BCUT2D eigenvalue weighted by Crippen LogP contribution is 2.28. The monoisotopic (exact) mass is 417 g/mol. The maximum absolute atomic E-state index is 12.5. The number of non-ortho nitro benzene ring substituents is 1. The predicted molar refractivity (Wildman–Crippen MR) is 110 cm³/mol. The van der Waals surface area contributed by atoms with Crippen molar-refractivity contribution in [2.75, 3.05) is 4.72 Å². The molecule has 0 amide bonds. The van der Waals surface area contributed by atoms with Crippen LogP contribution in [0.1, 0.15) is 31.7 Å². The second-order valence-corrected chi connectivity index (χ2v) is 8.87. The number of benzene rings is 2. The van der Waals surface area contributed by atoms with Crippen LogP contribution < -0.4 is 4.72 Å². The Hall–Kier alpha value is -2.78. The molecule has 0 aliphatic rings. The number of sulfonamides is 1. The lowest BCUT2D eigenvalue weighted by atomic mass is 9.97. The van der Waals surface area contributed by atoms with Crippen LogP contribution in [0.5, 0.6) is 0 Å². The van der Waals surface area contributed by atoms with Gasteiger partial charge in [-0.2, -0.15) is 0 Å². The smallest absolute Gasteiger partial charge is 0.258 e. The van der Waals surface area contributed by atoms with Crippen LogP contribution in [0.25, 0.3) is 11.3 Å². The average Bonchev–Trinajstić information content (AvgIpc) is 3.15. The average molecular weight is 418 g/mol. The molecule has 3 aromatic rings. The molecule has 1 heterocycles. The van der Waals surface area contributed by atoms with E-state index in [1.54, 1.807) is 5.38 Å². The molecule has 0 bridgehead atoms. The SMILES string of the molecule is CCC(C)c1ccc(-c2csc(NS(=O)(=O)c3ccc([N+](=O)[O-])cc3)n2)cc1. The van der Waals surface area contributed by atoms with Crippen molar-refractivity contribution in [1.29, 1.82) is 0 Å². The second kappa shape index (κ2) is 8.07. The van der Waals surface area contributed by atoms with Crippen molar-refractivity contribution in [1.82, 2.24) is 4.98 Å². The zero-order valence-electron chi connectivity index (χ0n) is 15.3. The molecule has 0 fully saturated rings. The van der Waals surface area contributed by atoms with E-state index in [0.717, 1.165) is 24.1 Å². The van der Waals surface area contributed by atoms with Crippen molar-refractivity contribution in [2.24, 2.45) is 0 Å². The van der Waals surface area contributed by atoms with Gasteiger partial charge in [0.2, 0.25) is 0 Å². The van der Waals surface area contributed by atoms with Crippen LogP contribution in [0, 0.1) is 10.1 Å². The van der Waals surface area contributed by atoms with Gasteiger partial charge >= 0.3 is 0 Å². The number of hydrogen-bond acceptors (Lipinski definition) is 6. The van der Waals surface area contributed by atoms with E-state index >= 15 is 0 Å². The van der Waals surface area contributed by atoms with Crippen LogP contribution in [-0.4, -0.2) is 18.3 Å². The zero-order chi connectivity index (χ0) is 20.3. The van der Waals surface area contributed by atoms with Crippen LogP contribution >= 0.6 is 11.3 Å². The van der Waals surface area contributed by atoms with Crippen molar-refractivity contribution in [3.63, 3.8) is 0 Å². The molecule has 1 N–H and O–H groups in total. The highest BCUT2D eigenvalue weighted by atomic mass is 32.2. The van der Waals surface area contributed by atoms with Crippen LogP contribution in [0.3, 0.4) is 0 Å². The van der Waals surface area contributed by atoms with Crippen molar-refractivity contribution in [3.05, 3.63) is 69.6 Å². The fourth-order valence-electron chi connectivity index (χ4n) is 2.59. The van der Waals surface area contributed by atoms with Gasteiger partial charge in [-0.3, -0.25) is 14.8 Å². The molecule has 3 rings (SSSR count). The van der Waals surface area contributed by atoms with E-state index in [1.165, 1.54) is 29.0 Å². The normalized spacial score (nSPS) is 12.5. The standard InChI is InChI=1S/C19H19N3O4S2/c1-3-13(2)14-4-6-15(7-5-14)18-12-27-19(20-18)21-28(25,26)17-10-8-16(9-11-17)22(23)24/h4-13H,3H2,1-2H3,(H,20,21). The number of nitro benzene ring substituents is 1. The van der Waals surface area contributed by atoms with Crippen LogP contribution in [0.15, 0.2) is 58.8 Å². The summed E-state index contributed by atoms with van der Waals surface area (Å²) in [6, 6.07) is 12.8. The Balaban J connectivity index is 1.77. The first-order chi connectivity index (χ1) is 13.3. The number of thiazole rings is 1. The Bertz CT molecular complexity index is 1080. The van der Waals surface area contributed by atoms with Crippen molar-refractivity contribution < 1.29 is 13.3 Å². The van der Waals surface area contributed by atoms with E-state index in [2.05, 4.69) is 35.7 Å². The molecule has 0 radical (unpaired) electrons. The molecular weight excluding hydrogens is 398 g/mol. The Kier molecular flexibility index (Phi) is 5.76. The lowest BCUT2D eigenvalue weighted by Gasteiger charge is -2.09. The molecule has 0 saturated carbocycles. The number of nitro groups is 1. The van der Waals surface area contributed by atoms with Crippen LogP contribution in [0.4, 0.5) is 10.8 Å². The number of hydrogen-bond donors (Lipinski definition) is 1. The predicted octanol–water partition coefficient (Wildman–Crippen LogP) is 5.03. The summed E-state index contributed by atoms with van der Waals surface area (Å²) in [7, 11) is -3.87. The molecule has 7 nitrogen and oxygen atoms in total. The lowest BCUT2D eigenvalue weighted by molar-refractivity contribution is -0.384. The number of rotatable bonds is 7. The Labute approximate surface area is 167 Å². The summed E-state index contributed by atoms with van der Waals surface area (Å²) < 4.78 is 27.4. The van der Waals surface area contributed by atoms with E-state index in [4.69, 9.17) is 0 Å². The van der Waals surface area contributed by atoms with Crippen molar-refractivity contribution in [3.8, 4) is 11.3 Å². The number of nitrogens with zero attached hydrogens (tertiary/aromatic N) is 2. The van der Waals surface area contributed by atoms with Gasteiger partial charge in [-0.1, -0.05) is 38.1 Å². The first kappa shape index (κ1) is 20.0. The molecule has 1 aromatic heterocycles. The molecule has 146 valence electrons. The summed E-state index contributed by atoms with van der Waals surface area (Å²) in [6.07, 6.45) is 1.06. The molecule has 1 atom stereocenters. The molecule has 1 unspecified atom stereocenters. The third-order valence-electron chi connectivity index (χ3n) is 4.47. The van der Waals surface area contributed by atoms with Gasteiger partial charge in [0.1, 0.15) is 0 Å². The third-order valence-corrected chi connectivity index (χ3v) is 6.71. The fourth-order valence-corrected chi connectivity index (χ4v) is 4.56. The number of anilines is 1. The van der Waals surface area contributed by atoms with Crippen molar-refractivity contribution >= 4 is 32.2 Å². The summed E-state index contributed by atoms with van der Waals surface area (Å²) in [4.78, 5) is 14.4. The summed E-state index contributed by atoms with van der Waals surface area (Å²) in [6.45, 7) is 4.31.